The van der Waals surface area contributed by atoms with Crippen molar-refractivity contribution in [3.05, 3.63) is 35.9 Å². The molecule has 0 spiro atoms. The summed E-state index contributed by atoms with van der Waals surface area (Å²) >= 11 is 0. The van der Waals surface area contributed by atoms with Crippen LogP contribution in [0.25, 0.3) is 11.4 Å². The van der Waals surface area contributed by atoms with E-state index in [0.717, 1.165) is 23.8 Å². The molecule has 0 radical (unpaired) electrons. The van der Waals surface area contributed by atoms with Crippen LogP contribution in [0.5, 0.6) is 0 Å². The molecule has 0 aliphatic carbocycles. The smallest absolute Gasteiger partial charge is 0.111 e. The van der Waals surface area contributed by atoms with Crippen molar-refractivity contribution in [3.63, 3.8) is 0 Å². The normalized spacial score (nSPS) is 10.7. The van der Waals surface area contributed by atoms with E-state index in [-0.39, 0.29) is 0 Å². The molecule has 4 heteroatoms. The molecule has 0 saturated carbocycles. The number of pyridine rings is 1. The first-order valence-corrected chi connectivity index (χ1v) is 5.32. The highest BCUT2D eigenvalue weighted by Gasteiger charge is 2.13. The van der Waals surface area contributed by atoms with Gasteiger partial charge in [-0.3, -0.25) is 4.98 Å². The van der Waals surface area contributed by atoms with E-state index in [1.54, 1.807) is 6.20 Å². The zero-order valence-electron chi connectivity index (χ0n) is 9.86. The van der Waals surface area contributed by atoms with Gasteiger partial charge in [-0.1, -0.05) is 6.07 Å². The van der Waals surface area contributed by atoms with Crippen LogP contribution in [0.1, 0.15) is 11.5 Å². The van der Waals surface area contributed by atoms with Gasteiger partial charge in [-0.05, 0) is 26.1 Å². The number of nitrogens with zero attached hydrogens (tertiary/aromatic N) is 3. The molecule has 16 heavy (non-hydrogen) atoms. The van der Waals surface area contributed by atoms with E-state index >= 15 is 0 Å². The Bertz CT molecular complexity index is 473. The molecule has 0 aromatic carbocycles. The summed E-state index contributed by atoms with van der Waals surface area (Å²) in [6, 6.07) is 5.88. The van der Waals surface area contributed by atoms with Crippen molar-refractivity contribution in [2.24, 2.45) is 7.05 Å². The number of aryl methyl sites for hydroxylation is 1. The molecule has 0 unspecified atom stereocenters. The molecule has 0 aliphatic heterocycles. The summed E-state index contributed by atoms with van der Waals surface area (Å²) < 4.78 is 2.10. The summed E-state index contributed by atoms with van der Waals surface area (Å²) in [5.41, 5.74) is 3.06. The van der Waals surface area contributed by atoms with Gasteiger partial charge in [0.15, 0.2) is 0 Å². The summed E-state index contributed by atoms with van der Waals surface area (Å²) in [7, 11) is 3.96. The Kier molecular flexibility index (Phi) is 3.01. The molecule has 0 aliphatic rings. The highest BCUT2D eigenvalue weighted by Crippen LogP contribution is 2.20. The van der Waals surface area contributed by atoms with Gasteiger partial charge in [-0.2, -0.15) is 0 Å². The second kappa shape index (κ2) is 4.45. The number of nitrogens with one attached hydrogen (secondary N) is 1. The molecule has 84 valence electrons. The highest BCUT2D eigenvalue weighted by atomic mass is 15.1. The zero-order chi connectivity index (χ0) is 11.5. The maximum atomic E-state index is 4.56. The predicted molar refractivity (Wildman–Crippen MR) is 63.9 cm³/mol. The molecule has 4 nitrogen and oxygen atoms in total. The van der Waals surface area contributed by atoms with E-state index in [2.05, 4.69) is 19.9 Å². The van der Waals surface area contributed by atoms with E-state index in [4.69, 9.17) is 0 Å². The fourth-order valence-electron chi connectivity index (χ4n) is 1.73. The molecule has 0 atom stereocenters. The predicted octanol–water partition coefficient (Wildman–Crippen LogP) is 1.51. The van der Waals surface area contributed by atoms with E-state index in [9.17, 15) is 0 Å². The summed E-state index contributed by atoms with van der Waals surface area (Å²) in [4.78, 5) is 8.90. The molecule has 2 aromatic heterocycles. The molecule has 2 aromatic rings. The molecular weight excluding hydrogens is 200 g/mol. The van der Waals surface area contributed by atoms with Crippen LogP contribution in [-0.4, -0.2) is 21.6 Å². The molecule has 0 amide bonds. The van der Waals surface area contributed by atoms with Crippen LogP contribution in [0.3, 0.4) is 0 Å². The number of hydrogen-bond acceptors (Lipinski definition) is 3. The van der Waals surface area contributed by atoms with Gasteiger partial charge < -0.3 is 9.88 Å². The average molecular weight is 216 g/mol. The average Bonchev–Trinajstić information content (AvgIpc) is 2.59. The van der Waals surface area contributed by atoms with Gasteiger partial charge in [0, 0.05) is 19.8 Å². The van der Waals surface area contributed by atoms with Crippen LogP contribution in [0.2, 0.25) is 0 Å². The van der Waals surface area contributed by atoms with Crippen molar-refractivity contribution in [2.45, 2.75) is 13.5 Å². The molecule has 2 heterocycles. The van der Waals surface area contributed by atoms with Crippen LogP contribution in [0.15, 0.2) is 24.4 Å². The van der Waals surface area contributed by atoms with Gasteiger partial charge in [0.25, 0.3) is 0 Å². The van der Waals surface area contributed by atoms with E-state index in [1.807, 2.05) is 39.2 Å². The quantitative estimate of drug-likeness (QED) is 0.845. The third kappa shape index (κ3) is 1.84. The zero-order valence-corrected chi connectivity index (χ0v) is 9.86. The number of rotatable bonds is 3. The van der Waals surface area contributed by atoms with Gasteiger partial charge in [0.2, 0.25) is 0 Å². The minimum Gasteiger partial charge on any atom is -0.334 e. The Balaban J connectivity index is 2.52. The summed E-state index contributed by atoms with van der Waals surface area (Å²) in [6.07, 6.45) is 1.79. The Hall–Kier alpha value is -1.68. The lowest BCUT2D eigenvalue weighted by Gasteiger charge is -2.05. The van der Waals surface area contributed by atoms with Crippen LogP contribution in [0.4, 0.5) is 0 Å². The second-order valence-corrected chi connectivity index (χ2v) is 3.76. The first kappa shape index (κ1) is 10.8. The number of hydrogen-bond donors (Lipinski definition) is 1. The van der Waals surface area contributed by atoms with Crippen LogP contribution < -0.4 is 5.32 Å². The van der Waals surface area contributed by atoms with Gasteiger partial charge >= 0.3 is 0 Å². The van der Waals surface area contributed by atoms with Crippen LogP contribution in [0, 0.1) is 6.92 Å². The highest BCUT2D eigenvalue weighted by molar-refractivity contribution is 5.57. The standard InChI is InChI=1S/C12H16N4/c1-9-15-12(10-6-4-5-7-14-10)11(8-13-2)16(9)3/h4-7,13H,8H2,1-3H3. The third-order valence-corrected chi connectivity index (χ3v) is 2.69. The van der Waals surface area contributed by atoms with Crippen molar-refractivity contribution in [3.8, 4) is 11.4 Å². The Morgan fingerprint density at radius 1 is 1.38 bits per heavy atom. The Morgan fingerprint density at radius 3 is 2.81 bits per heavy atom. The van der Waals surface area contributed by atoms with Crippen molar-refractivity contribution < 1.29 is 0 Å². The molecule has 0 saturated heterocycles. The fraction of sp³-hybridized carbons (Fsp3) is 0.333. The lowest BCUT2D eigenvalue weighted by atomic mass is 10.2. The Labute approximate surface area is 95.4 Å². The minimum absolute atomic E-state index is 0.795. The SMILES string of the molecule is CNCc1c(-c2ccccn2)nc(C)n1C. The second-order valence-electron chi connectivity index (χ2n) is 3.76. The fourth-order valence-corrected chi connectivity index (χ4v) is 1.73. The minimum atomic E-state index is 0.795. The molecular formula is C12H16N4. The maximum absolute atomic E-state index is 4.56. The molecule has 1 N–H and O–H groups in total. The monoisotopic (exact) mass is 216 g/mol. The first-order valence-electron chi connectivity index (χ1n) is 5.32. The summed E-state index contributed by atoms with van der Waals surface area (Å²) in [5, 5.41) is 3.16. The van der Waals surface area contributed by atoms with Crippen molar-refractivity contribution >= 4 is 0 Å². The number of aromatic nitrogens is 3. The van der Waals surface area contributed by atoms with Crippen molar-refractivity contribution in [2.75, 3.05) is 7.05 Å². The molecule has 2 rings (SSSR count). The topological polar surface area (TPSA) is 42.7 Å². The van der Waals surface area contributed by atoms with E-state index in [0.29, 0.717) is 0 Å². The molecule has 0 bridgehead atoms. The van der Waals surface area contributed by atoms with Crippen LogP contribution >= 0.6 is 0 Å². The van der Waals surface area contributed by atoms with Gasteiger partial charge in [0.1, 0.15) is 11.5 Å². The van der Waals surface area contributed by atoms with Gasteiger partial charge in [-0.25, -0.2) is 4.98 Å². The summed E-state index contributed by atoms with van der Waals surface area (Å²) in [6.45, 7) is 2.80. The lowest BCUT2D eigenvalue weighted by molar-refractivity contribution is 0.721. The van der Waals surface area contributed by atoms with Crippen LogP contribution in [-0.2, 0) is 13.6 Å². The van der Waals surface area contributed by atoms with E-state index < -0.39 is 0 Å². The Morgan fingerprint density at radius 2 is 2.19 bits per heavy atom. The van der Waals surface area contributed by atoms with E-state index in [1.165, 1.54) is 5.69 Å². The third-order valence-electron chi connectivity index (χ3n) is 2.69. The van der Waals surface area contributed by atoms with Crippen molar-refractivity contribution in [1.82, 2.24) is 19.9 Å². The summed E-state index contributed by atoms with van der Waals surface area (Å²) in [5.74, 6) is 1.01. The number of imidazole rings is 1. The van der Waals surface area contributed by atoms with Crippen molar-refractivity contribution in [1.29, 1.82) is 0 Å². The largest absolute Gasteiger partial charge is 0.334 e. The lowest BCUT2D eigenvalue weighted by Crippen LogP contribution is -2.10. The molecule has 0 fully saturated rings. The maximum Gasteiger partial charge on any atom is 0.111 e. The first-order chi connectivity index (χ1) is 7.74. The van der Waals surface area contributed by atoms with Gasteiger partial charge in [-0.15, -0.1) is 0 Å². The van der Waals surface area contributed by atoms with Gasteiger partial charge in [0.05, 0.1) is 11.4 Å².